The van der Waals surface area contributed by atoms with Crippen LogP contribution in [0.3, 0.4) is 0 Å². The van der Waals surface area contributed by atoms with Crippen LogP contribution in [0.25, 0.3) is 0 Å². The van der Waals surface area contributed by atoms with E-state index in [0.717, 1.165) is 11.5 Å². The van der Waals surface area contributed by atoms with Crippen LogP contribution in [0.4, 0.5) is 0 Å². The Kier molecular flexibility index (Phi) is 3.36. The lowest BCUT2D eigenvalue weighted by atomic mass is 10.4. The van der Waals surface area contributed by atoms with Crippen LogP contribution in [0.5, 0.6) is 0 Å². The molecule has 16 heavy (non-hydrogen) atoms. The van der Waals surface area contributed by atoms with Gasteiger partial charge in [0.15, 0.2) is 0 Å². The average Bonchev–Trinajstić information content (AvgIpc) is 2.87. The number of hydrogen-bond acceptors (Lipinski definition) is 4. The fourth-order valence-corrected chi connectivity index (χ4v) is 2.04. The highest BCUT2D eigenvalue weighted by molar-refractivity contribution is 7.97. The fraction of sp³-hybridized carbons (Fsp3) is 0.182. The van der Waals surface area contributed by atoms with Crippen molar-refractivity contribution < 1.29 is 18.7 Å². The molecule has 0 fully saturated rings. The number of carbonyl (C=O) groups is 1. The summed E-state index contributed by atoms with van der Waals surface area (Å²) >= 11 is 1.61. The number of furan rings is 2. The topological polar surface area (TPSA) is 63.6 Å². The summed E-state index contributed by atoms with van der Waals surface area (Å²) in [6.07, 6.45) is 1.63. The number of hydrogen-bond donors (Lipinski definition) is 1. The fourth-order valence-electron chi connectivity index (χ4n) is 1.22. The van der Waals surface area contributed by atoms with E-state index in [4.69, 9.17) is 13.9 Å². The highest BCUT2D eigenvalue weighted by Gasteiger charge is 2.08. The number of rotatable bonds is 5. The summed E-state index contributed by atoms with van der Waals surface area (Å²) in [6, 6.07) is 6.88. The Balaban J connectivity index is 1.83. The third-order valence-electron chi connectivity index (χ3n) is 1.94. The molecule has 0 amide bonds. The van der Waals surface area contributed by atoms with Gasteiger partial charge in [-0.15, -0.1) is 11.8 Å². The van der Waals surface area contributed by atoms with Gasteiger partial charge in [0, 0.05) is 0 Å². The lowest BCUT2D eigenvalue weighted by Gasteiger charge is -1.95. The molecule has 0 bridgehead atoms. The van der Waals surface area contributed by atoms with E-state index >= 15 is 0 Å². The molecular weight excluding hydrogens is 228 g/mol. The number of carboxylic acids is 1. The monoisotopic (exact) mass is 238 g/mol. The predicted octanol–water partition coefficient (Wildman–Crippen LogP) is 3.00. The third-order valence-corrected chi connectivity index (χ3v) is 2.92. The minimum absolute atomic E-state index is 0.0198. The molecule has 0 unspecified atom stereocenters. The normalized spacial score (nSPS) is 10.5. The zero-order chi connectivity index (χ0) is 11.4. The van der Waals surface area contributed by atoms with Crippen molar-refractivity contribution in [2.45, 2.75) is 11.5 Å². The summed E-state index contributed by atoms with van der Waals surface area (Å²) < 4.78 is 10.3. The molecule has 0 aliphatic heterocycles. The molecule has 0 aliphatic rings. The summed E-state index contributed by atoms with van der Waals surface area (Å²) in [5.74, 6) is 1.88. The quantitative estimate of drug-likeness (QED) is 0.867. The Morgan fingerprint density at radius 3 is 2.69 bits per heavy atom. The highest BCUT2D eigenvalue weighted by Crippen LogP contribution is 2.19. The van der Waals surface area contributed by atoms with E-state index in [9.17, 15) is 4.79 Å². The van der Waals surface area contributed by atoms with Gasteiger partial charge in [-0.25, -0.2) is 4.79 Å². The maximum atomic E-state index is 10.6. The van der Waals surface area contributed by atoms with Gasteiger partial charge in [-0.1, -0.05) is 0 Å². The summed E-state index contributed by atoms with van der Waals surface area (Å²) in [6.45, 7) is 0. The minimum atomic E-state index is -1.04. The van der Waals surface area contributed by atoms with Gasteiger partial charge >= 0.3 is 5.97 Å². The van der Waals surface area contributed by atoms with Crippen molar-refractivity contribution in [3.05, 3.63) is 47.8 Å². The molecule has 0 saturated carbocycles. The zero-order valence-electron chi connectivity index (χ0n) is 8.38. The van der Waals surface area contributed by atoms with Gasteiger partial charge in [-0.05, 0) is 24.3 Å². The minimum Gasteiger partial charge on any atom is -0.475 e. The number of thioether (sulfide) groups is 1. The van der Waals surface area contributed by atoms with E-state index in [1.807, 2.05) is 12.1 Å². The molecule has 0 saturated heterocycles. The Morgan fingerprint density at radius 2 is 2.06 bits per heavy atom. The van der Waals surface area contributed by atoms with Gasteiger partial charge in [0.25, 0.3) is 0 Å². The largest absolute Gasteiger partial charge is 0.475 e. The Morgan fingerprint density at radius 1 is 1.25 bits per heavy atom. The maximum Gasteiger partial charge on any atom is 0.371 e. The van der Waals surface area contributed by atoms with E-state index in [1.54, 1.807) is 24.1 Å². The van der Waals surface area contributed by atoms with Crippen LogP contribution < -0.4 is 0 Å². The molecule has 5 heteroatoms. The van der Waals surface area contributed by atoms with Crippen LogP contribution in [0.15, 0.2) is 39.4 Å². The first-order valence-corrected chi connectivity index (χ1v) is 5.83. The van der Waals surface area contributed by atoms with Crippen LogP contribution >= 0.6 is 11.8 Å². The molecule has 2 aromatic rings. The van der Waals surface area contributed by atoms with Crippen LogP contribution in [-0.2, 0) is 11.5 Å². The molecule has 2 aromatic heterocycles. The van der Waals surface area contributed by atoms with Crippen molar-refractivity contribution in [3.8, 4) is 0 Å². The lowest BCUT2D eigenvalue weighted by molar-refractivity contribution is 0.0661. The van der Waals surface area contributed by atoms with Crippen molar-refractivity contribution in [1.82, 2.24) is 0 Å². The van der Waals surface area contributed by atoms with E-state index in [0.29, 0.717) is 11.5 Å². The van der Waals surface area contributed by atoms with Gasteiger partial charge in [0.05, 0.1) is 17.8 Å². The first-order chi connectivity index (χ1) is 7.75. The van der Waals surface area contributed by atoms with Crippen molar-refractivity contribution in [2.24, 2.45) is 0 Å². The second-order valence-corrected chi connectivity index (χ2v) is 4.13. The predicted molar refractivity (Wildman–Crippen MR) is 59.4 cm³/mol. The van der Waals surface area contributed by atoms with E-state index in [-0.39, 0.29) is 5.76 Å². The second-order valence-electron chi connectivity index (χ2n) is 3.14. The van der Waals surface area contributed by atoms with Gasteiger partial charge < -0.3 is 13.9 Å². The first-order valence-electron chi connectivity index (χ1n) is 4.68. The van der Waals surface area contributed by atoms with Crippen LogP contribution in [0.1, 0.15) is 22.1 Å². The molecule has 4 nitrogen and oxygen atoms in total. The zero-order valence-corrected chi connectivity index (χ0v) is 9.20. The molecule has 0 aromatic carbocycles. The van der Waals surface area contributed by atoms with Gasteiger partial charge in [0.1, 0.15) is 11.5 Å². The third kappa shape index (κ3) is 2.70. The Bertz CT molecular complexity index is 458. The van der Waals surface area contributed by atoms with Gasteiger partial charge in [-0.2, -0.15) is 0 Å². The first kappa shape index (κ1) is 10.9. The molecule has 1 N–H and O–H groups in total. The molecular formula is C11H10O4S. The maximum absolute atomic E-state index is 10.6. The molecule has 0 aliphatic carbocycles. The SMILES string of the molecule is O=C(O)c1ccc(CSCc2ccco2)o1. The summed E-state index contributed by atoms with van der Waals surface area (Å²) in [5.41, 5.74) is 0. The smallest absolute Gasteiger partial charge is 0.371 e. The Hall–Kier alpha value is -1.62. The van der Waals surface area contributed by atoms with Crippen LogP contribution in [-0.4, -0.2) is 11.1 Å². The molecule has 84 valence electrons. The van der Waals surface area contributed by atoms with Crippen molar-refractivity contribution in [3.63, 3.8) is 0 Å². The summed E-state index contributed by atoms with van der Waals surface area (Å²) in [4.78, 5) is 10.6. The van der Waals surface area contributed by atoms with Gasteiger partial charge in [-0.3, -0.25) is 0 Å². The molecule has 0 atom stereocenters. The summed E-state index contributed by atoms with van der Waals surface area (Å²) in [5, 5.41) is 8.66. The average molecular weight is 238 g/mol. The molecule has 2 heterocycles. The highest BCUT2D eigenvalue weighted by atomic mass is 32.2. The second kappa shape index (κ2) is 4.94. The molecule has 0 spiro atoms. The van der Waals surface area contributed by atoms with Crippen molar-refractivity contribution in [1.29, 1.82) is 0 Å². The van der Waals surface area contributed by atoms with E-state index in [1.165, 1.54) is 6.07 Å². The van der Waals surface area contributed by atoms with Crippen molar-refractivity contribution >= 4 is 17.7 Å². The lowest BCUT2D eigenvalue weighted by Crippen LogP contribution is -1.91. The van der Waals surface area contributed by atoms with Crippen LogP contribution in [0, 0.1) is 0 Å². The van der Waals surface area contributed by atoms with Crippen LogP contribution in [0.2, 0.25) is 0 Å². The standard InChI is InChI=1S/C11H10O4S/c12-11(13)10-4-3-9(15-10)7-16-6-8-2-1-5-14-8/h1-5H,6-7H2,(H,12,13). The van der Waals surface area contributed by atoms with E-state index < -0.39 is 5.97 Å². The van der Waals surface area contributed by atoms with Crippen molar-refractivity contribution in [2.75, 3.05) is 0 Å². The number of aromatic carboxylic acids is 1. The summed E-state index contributed by atoms with van der Waals surface area (Å²) in [7, 11) is 0. The number of carboxylic acid groups (broad SMARTS) is 1. The molecule has 0 radical (unpaired) electrons. The van der Waals surface area contributed by atoms with Gasteiger partial charge in [0.2, 0.25) is 5.76 Å². The van der Waals surface area contributed by atoms with E-state index in [2.05, 4.69) is 0 Å². The molecule has 2 rings (SSSR count). The Labute approximate surface area is 96.3 Å².